The fourth-order valence-corrected chi connectivity index (χ4v) is 3.75. The second kappa shape index (κ2) is 5.65. The molecule has 0 bridgehead atoms. The van der Waals surface area contributed by atoms with Crippen molar-refractivity contribution < 1.29 is 18.2 Å². The van der Waals surface area contributed by atoms with Crippen molar-refractivity contribution >= 4 is 27.3 Å². The van der Waals surface area contributed by atoms with Crippen molar-refractivity contribution in [1.29, 1.82) is 0 Å². The van der Waals surface area contributed by atoms with Crippen molar-refractivity contribution in [3.8, 4) is 0 Å². The van der Waals surface area contributed by atoms with Crippen LogP contribution in [0.15, 0.2) is 17.0 Å². The van der Waals surface area contributed by atoms with Crippen molar-refractivity contribution in [3.05, 3.63) is 32.8 Å². The lowest BCUT2D eigenvalue weighted by molar-refractivity contribution is -0.384. The smallest absolute Gasteiger partial charge is 0.284 e. The highest BCUT2D eigenvalue weighted by molar-refractivity contribution is 7.89. The highest BCUT2D eigenvalue weighted by Gasteiger charge is 2.31. The Morgan fingerprint density at radius 2 is 2.10 bits per heavy atom. The van der Waals surface area contributed by atoms with Gasteiger partial charge in [0.15, 0.2) is 0 Å². The van der Waals surface area contributed by atoms with Gasteiger partial charge in [0.25, 0.3) is 15.7 Å². The molecule has 0 amide bonds. The normalized spacial score (nSPS) is 17.1. The summed E-state index contributed by atoms with van der Waals surface area (Å²) in [7, 11) is -3.92. The highest BCUT2D eigenvalue weighted by Crippen LogP contribution is 2.32. The fraction of sp³-hybridized carbons (Fsp3) is 0.455. The van der Waals surface area contributed by atoms with E-state index in [1.807, 2.05) is 0 Å². The first-order valence-corrected chi connectivity index (χ1v) is 7.76. The molecular formula is C11H13ClN2O5S. The van der Waals surface area contributed by atoms with Crippen LogP contribution in [0.3, 0.4) is 0 Å². The summed E-state index contributed by atoms with van der Waals surface area (Å²) in [5, 5.41) is 10.8. The molecule has 0 unspecified atom stereocenters. The van der Waals surface area contributed by atoms with Gasteiger partial charge in [0.05, 0.1) is 16.4 Å². The molecule has 1 aliphatic heterocycles. The standard InChI is InChI=1S/C11H13ClN2O5S/c1-8-6-9(12)10(14(15)16)7-11(8)20(17,18)13-4-2-3-5-19-13/h6-7H,2-5H2,1H3. The first-order chi connectivity index (χ1) is 9.34. The van der Waals surface area contributed by atoms with Crippen molar-refractivity contribution in [2.75, 3.05) is 13.2 Å². The Hall–Kier alpha value is -1.22. The van der Waals surface area contributed by atoms with E-state index in [0.717, 1.165) is 17.0 Å². The third kappa shape index (κ3) is 2.78. The Kier molecular flexibility index (Phi) is 4.28. The molecule has 0 radical (unpaired) electrons. The molecule has 7 nitrogen and oxygen atoms in total. The molecule has 0 aliphatic carbocycles. The van der Waals surface area contributed by atoms with Crippen LogP contribution in [0.5, 0.6) is 0 Å². The van der Waals surface area contributed by atoms with Gasteiger partial charge in [-0.05, 0) is 31.4 Å². The Bertz CT molecular complexity index is 640. The number of hydrogen-bond donors (Lipinski definition) is 0. The average Bonchev–Trinajstić information content (AvgIpc) is 2.39. The summed E-state index contributed by atoms with van der Waals surface area (Å²) in [4.78, 5) is 15.1. The zero-order chi connectivity index (χ0) is 14.9. The molecule has 0 atom stereocenters. The van der Waals surface area contributed by atoms with Crippen LogP contribution in [-0.2, 0) is 14.9 Å². The zero-order valence-electron chi connectivity index (χ0n) is 10.7. The number of nitro benzene ring substituents is 1. The number of sulfonamides is 1. The van der Waals surface area contributed by atoms with Gasteiger partial charge in [-0.1, -0.05) is 16.1 Å². The van der Waals surface area contributed by atoms with E-state index in [4.69, 9.17) is 16.4 Å². The van der Waals surface area contributed by atoms with E-state index < -0.39 is 20.6 Å². The molecule has 9 heteroatoms. The summed E-state index contributed by atoms with van der Waals surface area (Å²) in [6.45, 7) is 2.08. The summed E-state index contributed by atoms with van der Waals surface area (Å²) in [5.41, 5.74) is -0.0948. The van der Waals surface area contributed by atoms with Gasteiger partial charge in [0.2, 0.25) is 0 Å². The molecule has 1 aromatic rings. The van der Waals surface area contributed by atoms with Crippen molar-refractivity contribution in [1.82, 2.24) is 4.47 Å². The van der Waals surface area contributed by atoms with Crippen LogP contribution in [0.2, 0.25) is 5.02 Å². The van der Waals surface area contributed by atoms with Crippen LogP contribution < -0.4 is 0 Å². The molecule has 1 saturated heterocycles. The molecule has 1 aliphatic rings. The SMILES string of the molecule is Cc1cc(Cl)c([N+](=O)[O-])cc1S(=O)(=O)N1CCCCO1. The van der Waals surface area contributed by atoms with E-state index in [2.05, 4.69) is 0 Å². The molecule has 1 fully saturated rings. The van der Waals surface area contributed by atoms with Gasteiger partial charge < -0.3 is 0 Å². The van der Waals surface area contributed by atoms with Crippen LogP contribution in [-0.4, -0.2) is 31.0 Å². The van der Waals surface area contributed by atoms with E-state index in [0.29, 0.717) is 18.6 Å². The number of nitrogens with zero attached hydrogens (tertiary/aromatic N) is 2. The summed E-state index contributed by atoms with van der Waals surface area (Å²) in [6, 6.07) is 2.25. The van der Waals surface area contributed by atoms with Crippen LogP contribution in [0.25, 0.3) is 0 Å². The van der Waals surface area contributed by atoms with Gasteiger partial charge in [-0.2, -0.15) is 0 Å². The lowest BCUT2D eigenvalue weighted by Gasteiger charge is -2.25. The number of aryl methyl sites for hydroxylation is 1. The second-order valence-corrected chi connectivity index (χ2v) is 6.60. The Balaban J connectivity index is 2.50. The molecule has 0 aromatic heterocycles. The summed E-state index contributed by atoms with van der Waals surface area (Å²) in [5.74, 6) is 0. The van der Waals surface area contributed by atoms with E-state index in [-0.39, 0.29) is 16.5 Å². The molecule has 1 aromatic carbocycles. The quantitative estimate of drug-likeness (QED) is 0.629. The maximum absolute atomic E-state index is 12.4. The third-order valence-electron chi connectivity index (χ3n) is 2.96. The molecule has 0 saturated carbocycles. The topological polar surface area (TPSA) is 89.8 Å². The first-order valence-electron chi connectivity index (χ1n) is 5.94. The number of benzene rings is 1. The van der Waals surface area contributed by atoms with Crippen LogP contribution in [0.1, 0.15) is 18.4 Å². The maximum atomic E-state index is 12.4. The summed E-state index contributed by atoms with van der Waals surface area (Å²) >= 11 is 5.75. The molecule has 0 spiro atoms. The summed E-state index contributed by atoms with van der Waals surface area (Å²) in [6.07, 6.45) is 1.47. The molecular weight excluding hydrogens is 308 g/mol. The Morgan fingerprint density at radius 1 is 1.40 bits per heavy atom. The van der Waals surface area contributed by atoms with Gasteiger partial charge >= 0.3 is 0 Å². The minimum atomic E-state index is -3.92. The lowest BCUT2D eigenvalue weighted by Crippen LogP contribution is -2.36. The molecule has 2 rings (SSSR count). The van der Waals surface area contributed by atoms with E-state index in [1.54, 1.807) is 0 Å². The van der Waals surface area contributed by atoms with Gasteiger partial charge in [0.1, 0.15) is 5.02 Å². The largest absolute Gasteiger partial charge is 0.289 e. The minimum absolute atomic E-state index is 0.0917. The fourth-order valence-electron chi connectivity index (χ4n) is 1.93. The van der Waals surface area contributed by atoms with Crippen LogP contribution >= 0.6 is 11.6 Å². The van der Waals surface area contributed by atoms with Crippen LogP contribution in [0.4, 0.5) is 5.69 Å². The minimum Gasteiger partial charge on any atom is -0.284 e. The second-order valence-electron chi connectivity index (χ2n) is 4.40. The first kappa shape index (κ1) is 15.2. The van der Waals surface area contributed by atoms with E-state index in [1.165, 1.54) is 13.0 Å². The highest BCUT2D eigenvalue weighted by atomic mass is 35.5. The molecule has 20 heavy (non-hydrogen) atoms. The van der Waals surface area contributed by atoms with Gasteiger partial charge in [-0.25, -0.2) is 8.42 Å². The molecule has 1 heterocycles. The lowest BCUT2D eigenvalue weighted by atomic mass is 10.2. The van der Waals surface area contributed by atoms with E-state index >= 15 is 0 Å². The maximum Gasteiger partial charge on any atom is 0.289 e. The van der Waals surface area contributed by atoms with Crippen molar-refractivity contribution in [3.63, 3.8) is 0 Å². The average molecular weight is 321 g/mol. The number of halogens is 1. The van der Waals surface area contributed by atoms with Crippen molar-refractivity contribution in [2.24, 2.45) is 0 Å². The number of nitro groups is 1. The number of hydroxylamine groups is 1. The predicted molar refractivity (Wildman–Crippen MR) is 71.9 cm³/mol. The molecule has 110 valence electrons. The number of hydrogen-bond acceptors (Lipinski definition) is 5. The van der Waals surface area contributed by atoms with Crippen molar-refractivity contribution in [2.45, 2.75) is 24.7 Å². The van der Waals surface area contributed by atoms with Gasteiger partial charge in [-0.15, -0.1) is 0 Å². The molecule has 0 N–H and O–H groups in total. The third-order valence-corrected chi connectivity index (χ3v) is 5.08. The monoisotopic (exact) mass is 320 g/mol. The zero-order valence-corrected chi connectivity index (χ0v) is 12.3. The number of rotatable bonds is 3. The van der Waals surface area contributed by atoms with Crippen LogP contribution in [0, 0.1) is 17.0 Å². The predicted octanol–water partition coefficient (Wildman–Crippen LogP) is 2.27. The Morgan fingerprint density at radius 3 is 2.65 bits per heavy atom. The van der Waals surface area contributed by atoms with Gasteiger partial charge in [-0.3, -0.25) is 15.0 Å². The Labute approximate surface area is 121 Å². The summed E-state index contributed by atoms with van der Waals surface area (Å²) < 4.78 is 25.7. The van der Waals surface area contributed by atoms with E-state index in [9.17, 15) is 18.5 Å². The van der Waals surface area contributed by atoms with Gasteiger partial charge in [0, 0.05) is 12.6 Å².